The number of benzene rings is 2. The summed E-state index contributed by atoms with van der Waals surface area (Å²) >= 11 is 1.04. The van der Waals surface area contributed by atoms with Crippen LogP contribution in [0.2, 0.25) is 0 Å². The summed E-state index contributed by atoms with van der Waals surface area (Å²) in [6.45, 7) is 2.32. The molecule has 3 heterocycles. The van der Waals surface area contributed by atoms with Gasteiger partial charge >= 0.3 is 5.69 Å². The minimum Gasteiger partial charge on any atom is -0.272 e. The Hall–Kier alpha value is -4.05. The van der Waals surface area contributed by atoms with E-state index in [0.717, 1.165) is 22.9 Å². The van der Waals surface area contributed by atoms with E-state index in [4.69, 9.17) is 0 Å². The Morgan fingerprint density at radius 3 is 2.59 bits per heavy atom. The van der Waals surface area contributed by atoms with Crippen molar-refractivity contribution in [2.45, 2.75) is 23.7 Å². The molecule has 3 aromatic heterocycles. The molecule has 0 spiro atoms. The molecule has 0 unspecified atom stereocenters. The van der Waals surface area contributed by atoms with Crippen molar-refractivity contribution in [1.29, 1.82) is 0 Å². The van der Waals surface area contributed by atoms with Gasteiger partial charge in [0.15, 0.2) is 5.03 Å². The molecule has 0 aliphatic carbocycles. The van der Waals surface area contributed by atoms with E-state index in [1.165, 1.54) is 18.3 Å². The Kier molecular flexibility index (Phi) is 4.91. The van der Waals surface area contributed by atoms with E-state index in [2.05, 4.69) is 15.2 Å². The molecule has 158 valence electrons. The maximum Gasteiger partial charge on any atom is 0.301 e. The van der Waals surface area contributed by atoms with E-state index in [0.29, 0.717) is 28.4 Å². The number of fused-ring (bicyclic) bond motifs is 3. The van der Waals surface area contributed by atoms with Gasteiger partial charge < -0.3 is 0 Å². The molecule has 0 aliphatic heterocycles. The summed E-state index contributed by atoms with van der Waals surface area (Å²) in [5.41, 5.74) is 2.40. The first-order chi connectivity index (χ1) is 15.5. The van der Waals surface area contributed by atoms with Gasteiger partial charge in [0.25, 0.3) is 5.56 Å². The Balaban J connectivity index is 1.72. The molecule has 0 saturated carbocycles. The normalized spacial score (nSPS) is 11.3. The maximum atomic E-state index is 13.3. The molecule has 9 nitrogen and oxygen atoms in total. The third-order valence-corrected chi connectivity index (χ3v) is 6.03. The molecule has 0 saturated heterocycles. The summed E-state index contributed by atoms with van der Waals surface area (Å²) in [5, 5.41) is 21.0. The second kappa shape index (κ2) is 7.89. The predicted octanol–water partition coefficient (Wildman–Crippen LogP) is 3.86. The van der Waals surface area contributed by atoms with Crippen molar-refractivity contribution in [3.05, 3.63) is 98.5 Å². The first-order valence-corrected chi connectivity index (χ1v) is 10.5. The first-order valence-electron chi connectivity index (χ1n) is 9.72. The van der Waals surface area contributed by atoms with Crippen LogP contribution in [0.3, 0.4) is 0 Å². The molecule has 0 aliphatic rings. The molecule has 0 radical (unpaired) electrons. The molecule has 10 heteroatoms. The van der Waals surface area contributed by atoms with Crippen LogP contribution in [0.5, 0.6) is 0 Å². The third-order valence-electron chi connectivity index (χ3n) is 5.08. The van der Waals surface area contributed by atoms with E-state index in [-0.39, 0.29) is 16.3 Å². The van der Waals surface area contributed by atoms with Gasteiger partial charge in [0.2, 0.25) is 10.9 Å². The van der Waals surface area contributed by atoms with Crippen LogP contribution in [0.1, 0.15) is 11.1 Å². The number of nitrogens with zero attached hydrogens (tertiary/aromatic N) is 6. The lowest BCUT2D eigenvalue weighted by molar-refractivity contribution is -0.388. The standard InChI is InChI=1S/C22H16N6O3S/c1-14-8-10-15(11-9-14)13-26-20(29)16-5-2-3-6-17(16)27-21(26)24-25-22(27)32-19-18(28(30)31)7-4-12-23-19/h2-12H,13H2,1H3. The van der Waals surface area contributed by atoms with Crippen molar-refractivity contribution in [2.75, 3.05) is 0 Å². The minimum atomic E-state index is -0.482. The number of aromatic nitrogens is 5. The van der Waals surface area contributed by atoms with Crippen LogP contribution in [-0.2, 0) is 6.54 Å². The first kappa shape index (κ1) is 19.9. The molecule has 5 aromatic rings. The predicted molar refractivity (Wildman–Crippen MR) is 120 cm³/mol. The van der Waals surface area contributed by atoms with Crippen molar-refractivity contribution in [1.82, 2.24) is 24.1 Å². The zero-order chi connectivity index (χ0) is 22.2. The number of pyridine rings is 1. The van der Waals surface area contributed by atoms with Crippen LogP contribution in [0.4, 0.5) is 5.69 Å². The van der Waals surface area contributed by atoms with Crippen molar-refractivity contribution in [3.8, 4) is 0 Å². The number of para-hydroxylation sites is 1. The van der Waals surface area contributed by atoms with Gasteiger partial charge in [-0.2, -0.15) is 0 Å². The van der Waals surface area contributed by atoms with Gasteiger partial charge in [-0.25, -0.2) is 4.98 Å². The zero-order valence-corrected chi connectivity index (χ0v) is 17.7. The largest absolute Gasteiger partial charge is 0.301 e. The van der Waals surface area contributed by atoms with Crippen molar-refractivity contribution < 1.29 is 4.92 Å². The Bertz CT molecular complexity index is 1540. The number of rotatable bonds is 5. The van der Waals surface area contributed by atoms with Gasteiger partial charge in [-0.05, 0) is 42.4 Å². The number of aryl methyl sites for hydroxylation is 1. The summed E-state index contributed by atoms with van der Waals surface area (Å²) in [5.74, 6) is 0.357. The van der Waals surface area contributed by atoms with Gasteiger partial charge in [-0.3, -0.25) is 23.9 Å². The second-order valence-corrected chi connectivity index (χ2v) is 8.15. The fraction of sp³-hybridized carbons (Fsp3) is 0.0909. The highest BCUT2D eigenvalue weighted by atomic mass is 32.2. The van der Waals surface area contributed by atoms with E-state index < -0.39 is 4.92 Å². The van der Waals surface area contributed by atoms with Crippen LogP contribution in [0.15, 0.2) is 81.8 Å². The third kappa shape index (κ3) is 3.40. The van der Waals surface area contributed by atoms with Gasteiger partial charge in [0.1, 0.15) is 0 Å². The number of nitro groups is 1. The molecule has 5 rings (SSSR count). The molecule has 0 N–H and O–H groups in total. The lowest BCUT2D eigenvalue weighted by atomic mass is 10.1. The summed E-state index contributed by atoms with van der Waals surface area (Å²) < 4.78 is 3.31. The fourth-order valence-corrected chi connectivity index (χ4v) is 4.39. The van der Waals surface area contributed by atoms with Crippen LogP contribution in [-0.4, -0.2) is 29.1 Å². The maximum absolute atomic E-state index is 13.3. The lowest BCUT2D eigenvalue weighted by Crippen LogP contribution is -2.24. The quantitative estimate of drug-likeness (QED) is 0.299. The molecule has 0 fully saturated rings. The summed E-state index contributed by atoms with van der Waals surface area (Å²) in [4.78, 5) is 28.4. The molecule has 0 bridgehead atoms. The highest BCUT2D eigenvalue weighted by molar-refractivity contribution is 7.99. The second-order valence-electron chi connectivity index (χ2n) is 7.20. The molecule has 0 atom stereocenters. The van der Waals surface area contributed by atoms with Gasteiger partial charge in [-0.1, -0.05) is 42.0 Å². The van der Waals surface area contributed by atoms with Crippen molar-refractivity contribution in [3.63, 3.8) is 0 Å². The molecular formula is C22H16N6O3S. The molecule has 2 aromatic carbocycles. The number of hydrogen-bond donors (Lipinski definition) is 0. The van der Waals surface area contributed by atoms with E-state index in [9.17, 15) is 14.9 Å². The van der Waals surface area contributed by atoms with Crippen LogP contribution in [0, 0.1) is 17.0 Å². The van der Waals surface area contributed by atoms with Gasteiger partial charge in [-0.15, -0.1) is 10.2 Å². The van der Waals surface area contributed by atoms with E-state index in [1.54, 1.807) is 27.2 Å². The average molecular weight is 444 g/mol. The molecule has 32 heavy (non-hydrogen) atoms. The smallest absolute Gasteiger partial charge is 0.272 e. The zero-order valence-electron chi connectivity index (χ0n) is 16.9. The summed E-state index contributed by atoms with van der Waals surface area (Å²) in [6.07, 6.45) is 1.49. The Morgan fingerprint density at radius 2 is 1.81 bits per heavy atom. The van der Waals surface area contributed by atoms with Gasteiger partial charge in [0.05, 0.1) is 22.4 Å². The monoisotopic (exact) mass is 444 g/mol. The molecular weight excluding hydrogens is 428 g/mol. The average Bonchev–Trinajstić information content (AvgIpc) is 3.21. The minimum absolute atomic E-state index is 0.119. The Labute approximate surface area is 185 Å². The van der Waals surface area contributed by atoms with Crippen LogP contribution >= 0.6 is 11.8 Å². The SMILES string of the molecule is Cc1ccc(Cn2c(=O)c3ccccc3n3c(Sc4ncccc4[N+](=O)[O-])nnc23)cc1. The highest BCUT2D eigenvalue weighted by Crippen LogP contribution is 2.32. The number of hydrogen-bond acceptors (Lipinski definition) is 7. The highest BCUT2D eigenvalue weighted by Gasteiger charge is 2.21. The topological polar surface area (TPSA) is 108 Å². The lowest BCUT2D eigenvalue weighted by Gasteiger charge is -2.11. The van der Waals surface area contributed by atoms with Crippen molar-refractivity contribution >= 4 is 34.1 Å². The summed E-state index contributed by atoms with van der Waals surface area (Å²) in [6, 6.07) is 18.0. The summed E-state index contributed by atoms with van der Waals surface area (Å²) in [7, 11) is 0. The van der Waals surface area contributed by atoms with Crippen LogP contribution in [0.25, 0.3) is 16.7 Å². The Morgan fingerprint density at radius 1 is 1.03 bits per heavy atom. The molecule has 0 amide bonds. The van der Waals surface area contributed by atoms with Crippen molar-refractivity contribution in [2.24, 2.45) is 0 Å². The van der Waals surface area contributed by atoms with E-state index >= 15 is 0 Å². The fourth-order valence-electron chi connectivity index (χ4n) is 3.50. The van der Waals surface area contributed by atoms with E-state index in [1.807, 2.05) is 37.3 Å². The van der Waals surface area contributed by atoms with Gasteiger partial charge in [0, 0.05) is 12.3 Å². The van der Waals surface area contributed by atoms with Crippen LogP contribution < -0.4 is 5.56 Å².